The zero-order valence-electron chi connectivity index (χ0n) is 22.4. The van der Waals surface area contributed by atoms with Crippen LogP contribution in [0.2, 0.25) is 0 Å². The Morgan fingerprint density at radius 2 is 1.79 bits per heavy atom. The van der Waals surface area contributed by atoms with Crippen molar-refractivity contribution in [1.82, 2.24) is 5.32 Å². The van der Waals surface area contributed by atoms with Crippen molar-refractivity contribution in [2.24, 2.45) is 46.3 Å². The number of hydrogen-bond acceptors (Lipinski definition) is 4. The maximum absolute atomic E-state index is 12.4. The Morgan fingerprint density at radius 1 is 1.03 bits per heavy atom. The molecule has 0 aromatic carbocycles. The van der Waals surface area contributed by atoms with E-state index in [0.29, 0.717) is 55.1 Å². The first-order chi connectivity index (χ1) is 16.1. The lowest BCUT2D eigenvalue weighted by atomic mass is 9.43. The van der Waals surface area contributed by atoms with Crippen molar-refractivity contribution in [3.63, 3.8) is 0 Å². The number of aliphatic hydroxyl groups excluding tert-OH is 2. The van der Waals surface area contributed by atoms with Gasteiger partial charge in [0.1, 0.15) is 0 Å². The van der Waals surface area contributed by atoms with E-state index in [4.69, 9.17) is 4.74 Å². The second kappa shape index (κ2) is 10.4. The summed E-state index contributed by atoms with van der Waals surface area (Å²) in [5, 5.41) is 25.0. The van der Waals surface area contributed by atoms with Crippen LogP contribution in [0, 0.1) is 46.3 Å². The number of hydrogen-bond donors (Lipinski definition) is 3. The summed E-state index contributed by atoms with van der Waals surface area (Å²) in [6.45, 7) is 12.3. The lowest BCUT2D eigenvalue weighted by molar-refractivity contribution is -0.174. The molecular weight excluding hydrogens is 426 g/mol. The summed E-state index contributed by atoms with van der Waals surface area (Å²) < 4.78 is 5.52. The Bertz CT molecular complexity index is 712. The number of nitrogens with one attached hydrogen (secondary N) is 1. The summed E-state index contributed by atoms with van der Waals surface area (Å²) in [6, 6.07) is 0. The fourth-order valence-electron chi connectivity index (χ4n) is 9.29. The van der Waals surface area contributed by atoms with Crippen molar-refractivity contribution in [2.45, 2.75) is 117 Å². The first-order valence-electron chi connectivity index (χ1n) is 14.3. The van der Waals surface area contributed by atoms with Crippen LogP contribution in [-0.2, 0) is 9.53 Å². The molecule has 10 atom stereocenters. The predicted octanol–water partition coefficient (Wildman–Crippen LogP) is 4.93. The molecule has 0 saturated heterocycles. The SMILES string of the molecule is CC(C)OCCNC(=O)CCC(C)C1CC[C@H]2[C@@H]3CC[C@@H]4C[C@H](O)CC[C@]4(C)[C@H]3C[C@H](O)[C@]12C. The average Bonchev–Trinajstić information content (AvgIpc) is 3.15. The van der Waals surface area contributed by atoms with Crippen molar-refractivity contribution in [3.05, 3.63) is 0 Å². The molecule has 5 heteroatoms. The lowest BCUT2D eigenvalue weighted by Crippen LogP contribution is -2.58. The molecule has 2 unspecified atom stereocenters. The van der Waals surface area contributed by atoms with E-state index in [1.54, 1.807) is 0 Å². The minimum Gasteiger partial charge on any atom is -0.393 e. The van der Waals surface area contributed by atoms with Gasteiger partial charge in [0, 0.05) is 13.0 Å². The number of aliphatic hydroxyl groups is 2. The molecule has 3 N–H and O–H groups in total. The van der Waals surface area contributed by atoms with Gasteiger partial charge in [-0.3, -0.25) is 4.79 Å². The molecular formula is C29H51NO4. The minimum atomic E-state index is -0.252. The smallest absolute Gasteiger partial charge is 0.220 e. The molecule has 0 aromatic heterocycles. The molecule has 0 radical (unpaired) electrons. The molecule has 4 aliphatic rings. The standard InChI is InChI=1S/C29H51NO4/c1-18(2)34-15-14-30-27(33)11-6-19(3)23-9-10-24-22-8-7-20-16-21(31)12-13-28(20,4)25(22)17-26(32)29(23,24)5/h18-26,31-32H,6-17H2,1-5H3,(H,30,33)/t19?,20-,21-,22+,23?,24+,25+,26+,28+,29-/m1/s1. The molecule has 5 nitrogen and oxygen atoms in total. The van der Waals surface area contributed by atoms with Crippen LogP contribution in [0.3, 0.4) is 0 Å². The number of amides is 1. The summed E-state index contributed by atoms with van der Waals surface area (Å²) in [4.78, 5) is 12.4. The minimum absolute atomic E-state index is 0.0282. The molecule has 1 amide bonds. The number of carbonyl (C=O) groups is 1. The second-order valence-corrected chi connectivity index (χ2v) is 13.2. The highest BCUT2D eigenvalue weighted by Gasteiger charge is 2.63. The molecule has 0 heterocycles. The molecule has 4 aliphatic carbocycles. The molecule has 0 bridgehead atoms. The average molecular weight is 478 g/mol. The third kappa shape index (κ3) is 4.83. The van der Waals surface area contributed by atoms with E-state index < -0.39 is 0 Å². The van der Waals surface area contributed by atoms with Crippen LogP contribution in [0.1, 0.15) is 98.8 Å². The summed E-state index contributed by atoms with van der Waals surface area (Å²) in [6.07, 6.45) is 10.1. The molecule has 4 saturated carbocycles. The first-order valence-corrected chi connectivity index (χ1v) is 14.3. The summed E-state index contributed by atoms with van der Waals surface area (Å²) in [5.41, 5.74) is 0.255. The van der Waals surface area contributed by atoms with Gasteiger partial charge in [0.15, 0.2) is 0 Å². The fourth-order valence-corrected chi connectivity index (χ4v) is 9.29. The monoisotopic (exact) mass is 477 g/mol. The number of ether oxygens (including phenoxy) is 1. The summed E-state index contributed by atoms with van der Waals surface area (Å²) in [7, 11) is 0. The van der Waals surface area contributed by atoms with E-state index in [1.165, 1.54) is 25.7 Å². The normalized spacial score (nSPS) is 44.8. The van der Waals surface area contributed by atoms with Crippen LogP contribution < -0.4 is 5.32 Å². The van der Waals surface area contributed by atoms with Crippen LogP contribution in [0.5, 0.6) is 0 Å². The second-order valence-electron chi connectivity index (χ2n) is 13.2. The summed E-state index contributed by atoms with van der Waals surface area (Å²) in [5.74, 6) is 3.58. The number of fused-ring (bicyclic) bond motifs is 5. The zero-order chi connectivity index (χ0) is 24.7. The van der Waals surface area contributed by atoms with Gasteiger partial charge in [0.2, 0.25) is 5.91 Å². The Kier molecular flexibility index (Phi) is 8.06. The highest BCUT2D eigenvalue weighted by Crippen LogP contribution is 2.68. The maximum Gasteiger partial charge on any atom is 0.220 e. The third-order valence-corrected chi connectivity index (χ3v) is 11.2. The van der Waals surface area contributed by atoms with Gasteiger partial charge in [-0.2, -0.15) is 0 Å². The van der Waals surface area contributed by atoms with Gasteiger partial charge >= 0.3 is 0 Å². The molecule has 4 rings (SSSR count). The largest absolute Gasteiger partial charge is 0.393 e. The van der Waals surface area contributed by atoms with Gasteiger partial charge in [0.05, 0.1) is 24.9 Å². The van der Waals surface area contributed by atoms with Crippen LogP contribution in [-0.4, -0.2) is 47.6 Å². The van der Waals surface area contributed by atoms with E-state index in [-0.39, 0.29) is 35.0 Å². The Morgan fingerprint density at radius 3 is 2.53 bits per heavy atom. The van der Waals surface area contributed by atoms with E-state index in [0.717, 1.165) is 32.1 Å². The number of carbonyl (C=O) groups excluding carboxylic acids is 1. The van der Waals surface area contributed by atoms with Gasteiger partial charge < -0.3 is 20.3 Å². The molecule has 0 aromatic rings. The number of rotatable bonds is 8. The third-order valence-electron chi connectivity index (χ3n) is 11.2. The van der Waals surface area contributed by atoms with Crippen LogP contribution in [0.25, 0.3) is 0 Å². The quantitative estimate of drug-likeness (QED) is 0.433. The molecule has 196 valence electrons. The lowest BCUT2D eigenvalue weighted by Gasteiger charge is -2.62. The van der Waals surface area contributed by atoms with Gasteiger partial charge in [-0.25, -0.2) is 0 Å². The first kappa shape index (κ1) is 26.4. The Hall–Kier alpha value is -0.650. The molecule has 34 heavy (non-hydrogen) atoms. The van der Waals surface area contributed by atoms with Crippen molar-refractivity contribution >= 4 is 5.91 Å². The van der Waals surface area contributed by atoms with Crippen LogP contribution in [0.4, 0.5) is 0 Å². The molecule has 4 fully saturated rings. The zero-order valence-corrected chi connectivity index (χ0v) is 22.4. The van der Waals surface area contributed by atoms with E-state index >= 15 is 0 Å². The van der Waals surface area contributed by atoms with Crippen molar-refractivity contribution in [1.29, 1.82) is 0 Å². The maximum atomic E-state index is 12.4. The van der Waals surface area contributed by atoms with Crippen molar-refractivity contribution in [2.75, 3.05) is 13.2 Å². The van der Waals surface area contributed by atoms with Crippen LogP contribution >= 0.6 is 0 Å². The Labute approximate surface area is 207 Å². The van der Waals surface area contributed by atoms with E-state index in [1.807, 2.05) is 13.8 Å². The van der Waals surface area contributed by atoms with Crippen molar-refractivity contribution < 1.29 is 19.7 Å². The molecule has 0 spiro atoms. The molecule has 0 aliphatic heterocycles. The van der Waals surface area contributed by atoms with Gasteiger partial charge in [-0.1, -0.05) is 20.8 Å². The fraction of sp³-hybridized carbons (Fsp3) is 0.966. The highest BCUT2D eigenvalue weighted by atomic mass is 16.5. The van der Waals surface area contributed by atoms with Gasteiger partial charge in [-0.15, -0.1) is 0 Å². The van der Waals surface area contributed by atoms with Crippen molar-refractivity contribution in [3.8, 4) is 0 Å². The van der Waals surface area contributed by atoms with E-state index in [9.17, 15) is 15.0 Å². The van der Waals surface area contributed by atoms with Crippen LogP contribution in [0.15, 0.2) is 0 Å². The predicted molar refractivity (Wildman–Crippen MR) is 135 cm³/mol. The summed E-state index contributed by atoms with van der Waals surface area (Å²) >= 11 is 0. The van der Waals surface area contributed by atoms with E-state index in [2.05, 4.69) is 26.1 Å². The topological polar surface area (TPSA) is 78.8 Å². The highest BCUT2D eigenvalue weighted by molar-refractivity contribution is 5.75. The Balaban J connectivity index is 1.37. The van der Waals surface area contributed by atoms with Gasteiger partial charge in [0.25, 0.3) is 0 Å². The van der Waals surface area contributed by atoms with Gasteiger partial charge in [-0.05, 0) is 118 Å².